The predicted molar refractivity (Wildman–Crippen MR) is 122 cm³/mol. The Labute approximate surface area is 291 Å². The summed E-state index contributed by atoms with van der Waals surface area (Å²) in [5.74, 6) is 0. The number of nitrogens with zero attached hydrogens (tertiary/aromatic N) is 8. The van der Waals surface area contributed by atoms with E-state index in [1.807, 2.05) is 0 Å². The minimum atomic E-state index is -6.53. The Hall–Kier alpha value is -3.75. The summed E-state index contributed by atoms with van der Waals surface area (Å²) in [4.78, 5) is 0. The zero-order valence-electron chi connectivity index (χ0n) is 24.0. The van der Waals surface area contributed by atoms with Crippen LogP contribution < -0.4 is 0 Å². The number of alkyl halides is 24. The average Bonchev–Trinajstić information content (AvgIpc) is 3.70. The molecule has 4 heterocycles. The molecule has 4 aromatic heterocycles. The molecule has 0 amide bonds. The van der Waals surface area contributed by atoms with Crippen LogP contribution in [0.4, 0.5) is 105 Å². The molecular formula is C20H4F24Ge2N8. The van der Waals surface area contributed by atoms with Crippen LogP contribution >= 0.6 is 0 Å². The molecule has 54 heavy (non-hydrogen) atoms. The third-order valence-electron chi connectivity index (χ3n) is 5.73. The van der Waals surface area contributed by atoms with Crippen LogP contribution in [0, 0.1) is 0 Å². The Morgan fingerprint density at radius 2 is 0.537 bits per heavy atom. The predicted octanol–water partition coefficient (Wildman–Crippen LogP) is 8.17. The molecule has 0 N–H and O–H groups in total. The van der Waals surface area contributed by atoms with Crippen LogP contribution in [0.15, 0.2) is 24.3 Å². The maximum absolute atomic E-state index is 13.6. The number of halogens is 24. The summed E-state index contributed by atoms with van der Waals surface area (Å²) in [5.41, 5.74) is -19.1. The number of hydrogen-bond acceptors (Lipinski definition) is 4. The number of hydrogen-bond donors (Lipinski definition) is 0. The molecule has 4 aromatic rings. The second kappa shape index (κ2) is 13.8. The minimum absolute atomic E-state index is 0.0278. The Morgan fingerprint density at radius 1 is 0.333 bits per heavy atom. The second-order valence-electron chi connectivity index (χ2n) is 9.59. The van der Waals surface area contributed by atoms with Crippen molar-refractivity contribution in [2.75, 3.05) is 0 Å². The van der Waals surface area contributed by atoms with Gasteiger partial charge in [-0.15, -0.1) is 0 Å². The van der Waals surface area contributed by atoms with E-state index < -0.39 is 139 Å². The summed E-state index contributed by atoms with van der Waals surface area (Å²) >= 11 is -5.73. The van der Waals surface area contributed by atoms with E-state index in [-0.39, 0.29) is 9.71 Å². The van der Waals surface area contributed by atoms with Crippen molar-refractivity contribution in [3.8, 4) is 0 Å². The molecule has 34 heteroatoms. The SMILES string of the molecule is FC(F)(F)c1cc(C(F)(F)F)[n]([Ge]([n]2nc(C(F)(F)F)cc2C(F)(F)F)[n]2nc(C(F)(F)F)cc2C(F)(F)F)n1.FC(F)(F)c1cc(C(F)(F)F)[n]([Ge])n1. The molecule has 0 saturated carbocycles. The molecule has 0 fully saturated rings. The van der Waals surface area contributed by atoms with E-state index in [0.29, 0.717) is 0 Å². The van der Waals surface area contributed by atoms with E-state index in [0.717, 1.165) is 16.7 Å². The molecule has 300 valence electrons. The fourth-order valence-electron chi connectivity index (χ4n) is 3.61. The van der Waals surface area contributed by atoms with Gasteiger partial charge in [0.15, 0.2) is 0 Å². The van der Waals surface area contributed by atoms with Gasteiger partial charge in [-0.25, -0.2) is 0 Å². The van der Waals surface area contributed by atoms with Gasteiger partial charge in [0.25, 0.3) is 0 Å². The van der Waals surface area contributed by atoms with Gasteiger partial charge < -0.3 is 0 Å². The molecule has 8 nitrogen and oxygen atoms in total. The van der Waals surface area contributed by atoms with Crippen molar-refractivity contribution in [2.24, 2.45) is 0 Å². The summed E-state index contributed by atoms with van der Waals surface area (Å²) in [6.45, 7) is 0. The third-order valence-corrected chi connectivity index (χ3v) is 11.0. The van der Waals surface area contributed by atoms with E-state index >= 15 is 0 Å². The van der Waals surface area contributed by atoms with E-state index in [1.165, 1.54) is 0 Å². The fraction of sp³-hybridized carbons (Fsp3) is 0.400. The number of rotatable bonds is 3. The molecule has 0 bridgehead atoms. The zero-order chi connectivity index (χ0) is 42.2. The molecule has 0 aliphatic carbocycles. The summed E-state index contributed by atoms with van der Waals surface area (Å²) in [5, 5.41) is 9.67. The van der Waals surface area contributed by atoms with Crippen LogP contribution in [0.5, 0.6) is 0 Å². The topological polar surface area (TPSA) is 71.3 Å². The van der Waals surface area contributed by atoms with Crippen molar-refractivity contribution >= 4 is 31.8 Å². The Balaban J connectivity index is 0.000000469. The summed E-state index contributed by atoms with van der Waals surface area (Å²) in [7, 11) is 0. The van der Waals surface area contributed by atoms with Gasteiger partial charge in [-0.05, 0) is 0 Å². The van der Waals surface area contributed by atoms with Crippen LogP contribution in [0.25, 0.3) is 0 Å². The van der Waals surface area contributed by atoms with Gasteiger partial charge in [-0.2, -0.15) is 0 Å². The molecular weight excluding hydrogens is 953 g/mol. The van der Waals surface area contributed by atoms with Crippen LogP contribution in [-0.4, -0.2) is 66.7 Å². The van der Waals surface area contributed by atoms with Gasteiger partial charge in [0, 0.05) is 0 Å². The van der Waals surface area contributed by atoms with E-state index in [1.54, 1.807) is 0 Å². The number of aromatic nitrogens is 8. The van der Waals surface area contributed by atoms with Crippen molar-refractivity contribution in [1.29, 1.82) is 0 Å². The quantitative estimate of drug-likeness (QED) is 0.154. The van der Waals surface area contributed by atoms with Gasteiger partial charge in [0.1, 0.15) is 0 Å². The average molecular weight is 957 g/mol. The first-order valence-corrected chi connectivity index (χ1v) is 16.1. The Bertz CT molecular complexity index is 1770. The van der Waals surface area contributed by atoms with Gasteiger partial charge in [0.2, 0.25) is 0 Å². The zero-order valence-corrected chi connectivity index (χ0v) is 28.2. The molecule has 0 atom stereocenters. The first kappa shape index (κ1) is 44.6. The van der Waals surface area contributed by atoms with Crippen molar-refractivity contribution in [3.63, 3.8) is 0 Å². The van der Waals surface area contributed by atoms with Crippen LogP contribution in [0.1, 0.15) is 45.6 Å². The van der Waals surface area contributed by atoms with Crippen molar-refractivity contribution in [2.45, 2.75) is 49.4 Å². The van der Waals surface area contributed by atoms with Gasteiger partial charge in [-0.3, -0.25) is 0 Å². The monoisotopic (exact) mass is 960 g/mol. The summed E-state index contributed by atoms with van der Waals surface area (Å²) < 4.78 is 310. The van der Waals surface area contributed by atoms with E-state index in [9.17, 15) is 105 Å². The van der Waals surface area contributed by atoms with Crippen molar-refractivity contribution < 1.29 is 105 Å². The first-order valence-electron chi connectivity index (χ1n) is 12.3. The first-order chi connectivity index (χ1) is 23.8. The molecule has 0 aliphatic rings. The molecule has 0 aromatic carbocycles. The van der Waals surface area contributed by atoms with Crippen LogP contribution in [0.3, 0.4) is 0 Å². The summed E-state index contributed by atoms with van der Waals surface area (Å²) in [6, 6.07) is -2.79. The molecule has 0 spiro atoms. The maximum atomic E-state index is 13.6. The normalized spacial score (nSPS) is 14.2. The van der Waals surface area contributed by atoms with Gasteiger partial charge >= 0.3 is 291 Å². The van der Waals surface area contributed by atoms with Crippen molar-refractivity contribution in [3.05, 3.63) is 69.8 Å². The van der Waals surface area contributed by atoms with Gasteiger partial charge in [0.05, 0.1) is 0 Å². The molecule has 4 rings (SSSR count). The standard InChI is InChI=1S/C15H3F18GeN6.C5HF6GeN2/c16-10(17,18)4-1-7(13(25,26)27)38(35-4)34(39-8(14(28,29)30)2-5(36-39)11(19,20)21)40-9(15(31,32)33)3-6(37-40)12(22,23)24;6-4(7,8)2-1-3(5(9,10)11)14(12)13-2/h1-3H;1H. The van der Waals surface area contributed by atoms with E-state index in [2.05, 4.69) is 20.4 Å². The van der Waals surface area contributed by atoms with E-state index in [4.69, 9.17) is 0 Å². The third kappa shape index (κ3) is 9.91. The molecule has 0 unspecified atom stereocenters. The Kier molecular flexibility index (Phi) is 11.4. The molecule has 0 aliphatic heterocycles. The summed E-state index contributed by atoms with van der Waals surface area (Å²) in [6.07, 6.45) is -45.6. The van der Waals surface area contributed by atoms with Gasteiger partial charge in [-0.1, -0.05) is 0 Å². The second-order valence-corrected chi connectivity index (χ2v) is 14.4. The van der Waals surface area contributed by atoms with Crippen LogP contribution in [-0.2, 0) is 49.4 Å². The van der Waals surface area contributed by atoms with Crippen molar-refractivity contribution in [1.82, 2.24) is 35.0 Å². The Morgan fingerprint density at radius 3 is 0.704 bits per heavy atom. The molecule has 4 radical (unpaired) electrons. The molecule has 0 saturated heterocycles. The fourth-order valence-corrected chi connectivity index (χ4v) is 9.17. The van der Waals surface area contributed by atoms with Crippen LogP contribution in [0.2, 0.25) is 0 Å².